The molecule has 0 aliphatic heterocycles. The molecule has 0 amide bonds. The smallest absolute Gasteiger partial charge is 0.137 e. The predicted octanol–water partition coefficient (Wildman–Crippen LogP) is 2.91. The number of hydrogen-bond acceptors (Lipinski definition) is 5. The Hall–Kier alpha value is -3.17. The zero-order chi connectivity index (χ0) is 18.2. The molecule has 1 N–H and O–H groups in total. The van der Waals surface area contributed by atoms with Crippen LogP contribution in [0.1, 0.15) is 23.6 Å². The summed E-state index contributed by atoms with van der Waals surface area (Å²) in [7, 11) is 0. The second kappa shape index (κ2) is 8.79. The highest BCUT2D eigenvalue weighted by atomic mass is 16.5. The summed E-state index contributed by atoms with van der Waals surface area (Å²) in [6, 6.07) is 17.9. The molecule has 6 nitrogen and oxygen atoms in total. The molecular formula is C20H21N5O. The van der Waals surface area contributed by atoms with Crippen molar-refractivity contribution in [2.24, 2.45) is 0 Å². The summed E-state index contributed by atoms with van der Waals surface area (Å²) in [5.41, 5.74) is 2.78. The number of benzene rings is 2. The van der Waals surface area contributed by atoms with E-state index in [4.69, 9.17) is 10.00 Å². The van der Waals surface area contributed by atoms with E-state index in [0.29, 0.717) is 12.2 Å². The van der Waals surface area contributed by atoms with Gasteiger partial charge in [0.25, 0.3) is 0 Å². The van der Waals surface area contributed by atoms with Crippen LogP contribution in [0.3, 0.4) is 0 Å². The molecule has 0 aliphatic rings. The van der Waals surface area contributed by atoms with Crippen LogP contribution in [0.15, 0.2) is 61.2 Å². The normalized spacial score (nSPS) is 11.7. The minimum Gasteiger partial charge on any atom is -0.489 e. The third-order valence-corrected chi connectivity index (χ3v) is 3.94. The summed E-state index contributed by atoms with van der Waals surface area (Å²) >= 11 is 0. The zero-order valence-corrected chi connectivity index (χ0v) is 14.7. The first-order valence-electron chi connectivity index (χ1n) is 8.49. The van der Waals surface area contributed by atoms with Crippen molar-refractivity contribution < 1.29 is 4.74 Å². The Balaban J connectivity index is 1.52. The van der Waals surface area contributed by atoms with E-state index in [9.17, 15) is 0 Å². The van der Waals surface area contributed by atoms with Gasteiger partial charge in [0.15, 0.2) is 0 Å². The molecule has 1 heterocycles. The number of hydrogen-bond donors (Lipinski definition) is 1. The minimum atomic E-state index is 0.273. The summed E-state index contributed by atoms with van der Waals surface area (Å²) in [4.78, 5) is 3.95. The Morgan fingerprint density at radius 3 is 2.85 bits per heavy atom. The van der Waals surface area contributed by atoms with Crippen molar-refractivity contribution in [2.45, 2.75) is 32.7 Å². The molecule has 26 heavy (non-hydrogen) atoms. The first-order valence-corrected chi connectivity index (χ1v) is 8.49. The van der Waals surface area contributed by atoms with Gasteiger partial charge in [0.2, 0.25) is 0 Å². The number of ether oxygens (including phenoxy) is 1. The van der Waals surface area contributed by atoms with E-state index < -0.39 is 0 Å². The SMILES string of the molecule is CC(Cn1cncn1)NCc1cccc(OCc2cccc(C#N)c2)c1. The topological polar surface area (TPSA) is 75.8 Å². The molecule has 1 unspecified atom stereocenters. The van der Waals surface area contributed by atoms with E-state index in [1.54, 1.807) is 18.7 Å². The maximum atomic E-state index is 8.96. The highest BCUT2D eigenvalue weighted by Crippen LogP contribution is 2.16. The van der Waals surface area contributed by atoms with Crippen LogP contribution in [0.25, 0.3) is 0 Å². The zero-order valence-electron chi connectivity index (χ0n) is 14.7. The first-order chi connectivity index (χ1) is 12.7. The van der Waals surface area contributed by atoms with Crippen LogP contribution in [0.5, 0.6) is 5.75 Å². The summed E-state index contributed by atoms with van der Waals surface area (Å²) in [5.74, 6) is 0.815. The van der Waals surface area contributed by atoms with Gasteiger partial charge in [0.05, 0.1) is 18.2 Å². The average molecular weight is 347 g/mol. The fraction of sp³-hybridized carbons (Fsp3) is 0.250. The molecule has 132 valence electrons. The van der Waals surface area contributed by atoms with Gasteiger partial charge < -0.3 is 10.1 Å². The van der Waals surface area contributed by atoms with E-state index >= 15 is 0 Å². The van der Waals surface area contributed by atoms with Crippen LogP contribution >= 0.6 is 0 Å². The second-order valence-electron chi connectivity index (χ2n) is 6.15. The summed E-state index contributed by atoms with van der Waals surface area (Å²) in [5, 5.41) is 16.6. The Kier molecular flexibility index (Phi) is 5.96. The summed E-state index contributed by atoms with van der Waals surface area (Å²) in [6.07, 6.45) is 3.26. The fourth-order valence-electron chi connectivity index (χ4n) is 2.61. The maximum absolute atomic E-state index is 8.96. The minimum absolute atomic E-state index is 0.273. The molecule has 0 radical (unpaired) electrons. The van der Waals surface area contributed by atoms with E-state index in [2.05, 4.69) is 34.5 Å². The highest BCUT2D eigenvalue weighted by Gasteiger charge is 2.04. The van der Waals surface area contributed by atoms with Gasteiger partial charge in [-0.05, 0) is 42.3 Å². The molecule has 2 aromatic carbocycles. The van der Waals surface area contributed by atoms with Crippen LogP contribution in [-0.4, -0.2) is 20.8 Å². The molecule has 1 atom stereocenters. The van der Waals surface area contributed by atoms with Gasteiger partial charge in [-0.3, -0.25) is 4.68 Å². The van der Waals surface area contributed by atoms with E-state index in [1.807, 2.05) is 41.1 Å². The Labute approximate surface area is 153 Å². The highest BCUT2D eigenvalue weighted by molar-refractivity contribution is 5.33. The third-order valence-electron chi connectivity index (χ3n) is 3.94. The number of nitriles is 1. The molecule has 1 aromatic heterocycles. The molecule has 0 saturated heterocycles. The number of rotatable bonds is 8. The predicted molar refractivity (Wildman–Crippen MR) is 98.3 cm³/mol. The van der Waals surface area contributed by atoms with Crippen molar-refractivity contribution >= 4 is 0 Å². The largest absolute Gasteiger partial charge is 0.489 e. The van der Waals surface area contributed by atoms with E-state index in [1.165, 1.54) is 0 Å². The van der Waals surface area contributed by atoms with Gasteiger partial charge in [-0.1, -0.05) is 24.3 Å². The molecule has 3 rings (SSSR count). The molecule has 0 aliphatic carbocycles. The van der Waals surface area contributed by atoms with Crippen LogP contribution in [-0.2, 0) is 19.7 Å². The second-order valence-corrected chi connectivity index (χ2v) is 6.15. The Morgan fingerprint density at radius 1 is 1.19 bits per heavy atom. The summed E-state index contributed by atoms with van der Waals surface area (Å²) < 4.78 is 7.68. The van der Waals surface area contributed by atoms with Crippen molar-refractivity contribution in [3.63, 3.8) is 0 Å². The van der Waals surface area contributed by atoms with Gasteiger partial charge in [0, 0.05) is 12.6 Å². The van der Waals surface area contributed by atoms with Crippen LogP contribution in [0, 0.1) is 11.3 Å². The lowest BCUT2D eigenvalue weighted by Crippen LogP contribution is -2.30. The van der Waals surface area contributed by atoms with Gasteiger partial charge in [-0.15, -0.1) is 0 Å². The van der Waals surface area contributed by atoms with Crippen molar-refractivity contribution in [1.82, 2.24) is 20.1 Å². The number of nitrogens with zero attached hydrogens (tertiary/aromatic N) is 4. The number of aromatic nitrogens is 3. The lowest BCUT2D eigenvalue weighted by molar-refractivity contribution is 0.305. The molecule has 0 saturated carbocycles. The van der Waals surface area contributed by atoms with Crippen LogP contribution < -0.4 is 10.1 Å². The monoisotopic (exact) mass is 347 g/mol. The lowest BCUT2D eigenvalue weighted by atomic mass is 10.1. The first kappa shape index (κ1) is 17.6. The van der Waals surface area contributed by atoms with Crippen molar-refractivity contribution in [3.05, 3.63) is 77.9 Å². The van der Waals surface area contributed by atoms with E-state index in [-0.39, 0.29) is 6.04 Å². The molecule has 3 aromatic rings. The lowest BCUT2D eigenvalue weighted by Gasteiger charge is -2.14. The van der Waals surface area contributed by atoms with Gasteiger partial charge in [-0.25, -0.2) is 4.98 Å². The third kappa shape index (κ3) is 5.16. The van der Waals surface area contributed by atoms with Crippen LogP contribution in [0.2, 0.25) is 0 Å². The van der Waals surface area contributed by atoms with Gasteiger partial charge in [0.1, 0.15) is 25.0 Å². The average Bonchev–Trinajstić information content (AvgIpc) is 3.18. The van der Waals surface area contributed by atoms with Gasteiger partial charge >= 0.3 is 0 Å². The maximum Gasteiger partial charge on any atom is 0.137 e. The fourth-order valence-corrected chi connectivity index (χ4v) is 2.61. The molecule has 0 spiro atoms. The Bertz CT molecular complexity index is 870. The van der Waals surface area contributed by atoms with Crippen molar-refractivity contribution in [3.8, 4) is 11.8 Å². The van der Waals surface area contributed by atoms with Crippen LogP contribution in [0.4, 0.5) is 0 Å². The molecule has 6 heteroatoms. The molecule has 0 fully saturated rings. The van der Waals surface area contributed by atoms with E-state index in [0.717, 1.165) is 30.0 Å². The van der Waals surface area contributed by atoms with Crippen molar-refractivity contribution in [2.75, 3.05) is 0 Å². The summed E-state index contributed by atoms with van der Waals surface area (Å²) in [6.45, 7) is 4.07. The molecular weight excluding hydrogens is 326 g/mol. The molecule has 0 bridgehead atoms. The van der Waals surface area contributed by atoms with Gasteiger partial charge in [-0.2, -0.15) is 10.4 Å². The Morgan fingerprint density at radius 2 is 2.04 bits per heavy atom. The van der Waals surface area contributed by atoms with Crippen molar-refractivity contribution in [1.29, 1.82) is 5.26 Å². The quantitative estimate of drug-likeness (QED) is 0.678. The standard InChI is InChI=1S/C20H21N5O/c1-16(12-25-15-22-14-24-25)23-11-18-5-3-7-20(9-18)26-13-19-6-2-4-17(8-19)10-21/h2-9,14-16,23H,11-13H2,1H3. The number of nitrogens with one attached hydrogen (secondary N) is 1.